The third-order valence-corrected chi connectivity index (χ3v) is 4.49. The van der Waals surface area contributed by atoms with Gasteiger partial charge in [-0.25, -0.2) is 4.39 Å². The largest absolute Gasteiger partial charge is 0.324 e. The minimum absolute atomic E-state index is 0.0472. The van der Waals surface area contributed by atoms with E-state index >= 15 is 0 Å². The fourth-order valence-corrected chi connectivity index (χ4v) is 3.59. The van der Waals surface area contributed by atoms with Gasteiger partial charge in [0.05, 0.1) is 0 Å². The van der Waals surface area contributed by atoms with Gasteiger partial charge in [-0.05, 0) is 60.8 Å². The zero-order valence-electron chi connectivity index (χ0n) is 9.62. The summed E-state index contributed by atoms with van der Waals surface area (Å²) >= 11 is 0. The van der Waals surface area contributed by atoms with Crippen LogP contribution < -0.4 is 5.73 Å². The lowest BCUT2D eigenvalue weighted by molar-refractivity contribution is 0.497. The van der Waals surface area contributed by atoms with E-state index in [0.29, 0.717) is 5.92 Å². The second kappa shape index (κ2) is 3.56. The normalized spacial score (nSPS) is 33.6. The molecule has 0 saturated heterocycles. The molecule has 3 rings (SSSR count). The second-order valence-corrected chi connectivity index (χ2v) is 5.36. The van der Waals surface area contributed by atoms with Gasteiger partial charge in [0.25, 0.3) is 0 Å². The molecule has 2 aliphatic rings. The Morgan fingerprint density at radius 1 is 1.31 bits per heavy atom. The Hall–Kier alpha value is -0.890. The van der Waals surface area contributed by atoms with Gasteiger partial charge in [0.1, 0.15) is 5.82 Å². The van der Waals surface area contributed by atoms with Crippen molar-refractivity contribution in [1.29, 1.82) is 0 Å². The van der Waals surface area contributed by atoms with Crippen LogP contribution in [0.3, 0.4) is 0 Å². The van der Waals surface area contributed by atoms with Crippen molar-refractivity contribution >= 4 is 0 Å². The average Bonchev–Trinajstić information content (AvgIpc) is 2.74. The second-order valence-electron chi connectivity index (χ2n) is 5.36. The maximum Gasteiger partial charge on any atom is 0.123 e. The quantitative estimate of drug-likeness (QED) is 0.812. The first-order valence-corrected chi connectivity index (χ1v) is 6.20. The van der Waals surface area contributed by atoms with Gasteiger partial charge < -0.3 is 5.73 Å². The van der Waals surface area contributed by atoms with Crippen molar-refractivity contribution < 1.29 is 4.39 Å². The van der Waals surface area contributed by atoms with Gasteiger partial charge in [0, 0.05) is 6.04 Å². The Kier molecular flexibility index (Phi) is 2.28. The lowest BCUT2D eigenvalue weighted by Crippen LogP contribution is -2.17. The predicted octanol–water partition coefficient (Wildman–Crippen LogP) is 3.18. The molecule has 2 heteroatoms. The Bertz CT molecular complexity index is 405. The molecule has 86 valence electrons. The molecular formula is C14H18FN. The third-order valence-electron chi connectivity index (χ3n) is 4.49. The minimum Gasteiger partial charge on any atom is -0.324 e. The molecule has 2 fully saturated rings. The summed E-state index contributed by atoms with van der Waals surface area (Å²) in [5.74, 6) is 2.12. The number of fused-ring (bicyclic) bond motifs is 1. The summed E-state index contributed by atoms with van der Waals surface area (Å²) in [6.45, 7) is 2.02. The van der Waals surface area contributed by atoms with E-state index in [9.17, 15) is 4.39 Å². The van der Waals surface area contributed by atoms with Gasteiger partial charge >= 0.3 is 0 Å². The fourth-order valence-electron chi connectivity index (χ4n) is 3.59. The smallest absolute Gasteiger partial charge is 0.123 e. The third kappa shape index (κ3) is 1.47. The summed E-state index contributed by atoms with van der Waals surface area (Å²) < 4.78 is 13.2. The van der Waals surface area contributed by atoms with Gasteiger partial charge in [0.2, 0.25) is 0 Å². The molecule has 0 aromatic heterocycles. The zero-order chi connectivity index (χ0) is 11.3. The number of halogens is 1. The van der Waals surface area contributed by atoms with Crippen LogP contribution in [0.25, 0.3) is 0 Å². The molecule has 0 heterocycles. The van der Waals surface area contributed by atoms with E-state index in [1.807, 2.05) is 13.0 Å². The molecule has 0 amide bonds. The molecule has 2 N–H and O–H groups in total. The van der Waals surface area contributed by atoms with E-state index in [4.69, 9.17) is 5.73 Å². The molecular weight excluding hydrogens is 201 g/mol. The van der Waals surface area contributed by atoms with Crippen LogP contribution in [0.4, 0.5) is 4.39 Å². The summed E-state index contributed by atoms with van der Waals surface area (Å²) in [7, 11) is 0. The minimum atomic E-state index is -0.165. The molecule has 1 aromatic rings. The van der Waals surface area contributed by atoms with Crippen LogP contribution >= 0.6 is 0 Å². The molecule has 3 unspecified atom stereocenters. The van der Waals surface area contributed by atoms with E-state index in [1.165, 1.54) is 25.3 Å². The summed E-state index contributed by atoms with van der Waals surface area (Å²) in [6.07, 6.45) is 4.02. The van der Waals surface area contributed by atoms with Gasteiger partial charge in [-0.3, -0.25) is 0 Å². The van der Waals surface area contributed by atoms with Crippen molar-refractivity contribution in [1.82, 2.24) is 0 Å². The summed E-state index contributed by atoms with van der Waals surface area (Å²) in [5.41, 5.74) is 8.43. The van der Waals surface area contributed by atoms with Crippen molar-refractivity contribution in [2.24, 2.45) is 23.5 Å². The van der Waals surface area contributed by atoms with Crippen LogP contribution in [-0.4, -0.2) is 0 Å². The Labute approximate surface area is 95.8 Å². The Balaban J connectivity index is 1.84. The van der Waals surface area contributed by atoms with Crippen LogP contribution in [0.5, 0.6) is 0 Å². The van der Waals surface area contributed by atoms with E-state index in [1.54, 1.807) is 6.07 Å². The van der Waals surface area contributed by atoms with Crippen molar-refractivity contribution in [2.45, 2.75) is 32.2 Å². The van der Waals surface area contributed by atoms with Crippen molar-refractivity contribution in [3.8, 4) is 0 Å². The summed E-state index contributed by atoms with van der Waals surface area (Å²) in [5, 5.41) is 0. The Morgan fingerprint density at radius 3 is 2.69 bits per heavy atom. The molecule has 1 nitrogen and oxygen atoms in total. The first kappa shape index (κ1) is 10.3. The topological polar surface area (TPSA) is 26.0 Å². The standard InChI is InChI=1S/C14H18FN/c1-8-5-6-9(15)7-12(8)14(16)13-10-3-2-4-11(10)13/h5-7,10-11,13-14H,2-4,16H2,1H3. The highest BCUT2D eigenvalue weighted by molar-refractivity contribution is 5.31. The van der Waals surface area contributed by atoms with E-state index in [0.717, 1.165) is 23.0 Å². The van der Waals surface area contributed by atoms with Gasteiger partial charge in [-0.1, -0.05) is 12.5 Å². The van der Waals surface area contributed by atoms with Crippen molar-refractivity contribution in [2.75, 3.05) is 0 Å². The van der Waals surface area contributed by atoms with Crippen LogP contribution in [-0.2, 0) is 0 Å². The molecule has 0 aliphatic heterocycles. The number of hydrogen-bond donors (Lipinski definition) is 1. The van der Waals surface area contributed by atoms with Crippen molar-refractivity contribution in [3.05, 3.63) is 35.1 Å². The number of hydrogen-bond acceptors (Lipinski definition) is 1. The average molecular weight is 219 g/mol. The van der Waals surface area contributed by atoms with Gasteiger partial charge in [-0.15, -0.1) is 0 Å². The zero-order valence-corrected chi connectivity index (χ0v) is 9.62. The summed E-state index contributed by atoms with van der Waals surface area (Å²) in [6, 6.07) is 5.02. The highest BCUT2D eigenvalue weighted by atomic mass is 19.1. The lowest BCUT2D eigenvalue weighted by atomic mass is 9.94. The highest BCUT2D eigenvalue weighted by Crippen LogP contribution is 2.61. The first-order chi connectivity index (χ1) is 7.68. The van der Waals surface area contributed by atoms with Crippen LogP contribution in [0.2, 0.25) is 0 Å². The number of nitrogens with two attached hydrogens (primary N) is 1. The first-order valence-electron chi connectivity index (χ1n) is 6.20. The van der Waals surface area contributed by atoms with Crippen LogP contribution in [0.1, 0.15) is 36.4 Å². The SMILES string of the molecule is Cc1ccc(F)cc1C(N)C1C2CCCC21. The van der Waals surface area contributed by atoms with Crippen LogP contribution in [0, 0.1) is 30.5 Å². The maximum absolute atomic E-state index is 13.2. The van der Waals surface area contributed by atoms with Crippen molar-refractivity contribution in [3.63, 3.8) is 0 Å². The fraction of sp³-hybridized carbons (Fsp3) is 0.571. The molecule has 2 aliphatic carbocycles. The molecule has 1 aromatic carbocycles. The molecule has 2 saturated carbocycles. The molecule has 0 radical (unpaired) electrons. The van der Waals surface area contributed by atoms with Gasteiger partial charge in [0.15, 0.2) is 0 Å². The van der Waals surface area contributed by atoms with E-state index < -0.39 is 0 Å². The predicted molar refractivity (Wildman–Crippen MR) is 62.4 cm³/mol. The van der Waals surface area contributed by atoms with E-state index in [-0.39, 0.29) is 11.9 Å². The molecule has 0 spiro atoms. The van der Waals surface area contributed by atoms with E-state index in [2.05, 4.69) is 0 Å². The number of benzene rings is 1. The van der Waals surface area contributed by atoms with Crippen LogP contribution in [0.15, 0.2) is 18.2 Å². The number of aryl methyl sites for hydroxylation is 1. The maximum atomic E-state index is 13.2. The Morgan fingerprint density at radius 2 is 2.00 bits per heavy atom. The summed E-state index contributed by atoms with van der Waals surface area (Å²) in [4.78, 5) is 0. The highest BCUT2D eigenvalue weighted by Gasteiger charge is 2.55. The monoisotopic (exact) mass is 219 g/mol. The molecule has 16 heavy (non-hydrogen) atoms. The lowest BCUT2D eigenvalue weighted by Gasteiger charge is -2.16. The molecule has 0 bridgehead atoms. The van der Waals surface area contributed by atoms with Gasteiger partial charge in [-0.2, -0.15) is 0 Å². The molecule has 3 atom stereocenters. The number of rotatable bonds is 2.